The zero-order valence-corrected chi connectivity index (χ0v) is 11.9. The molecule has 0 aromatic heterocycles. The van der Waals surface area contributed by atoms with Gasteiger partial charge in [-0.05, 0) is 32.0 Å². The van der Waals surface area contributed by atoms with Gasteiger partial charge in [0.1, 0.15) is 5.75 Å². The first-order chi connectivity index (χ1) is 9.08. The normalized spacial score (nSPS) is 11.4. The molecular formula is C14H18N2O2S. The topological polar surface area (TPSA) is 64.3 Å². The Morgan fingerprint density at radius 3 is 3.00 bits per heavy atom. The molecule has 0 aliphatic heterocycles. The third-order valence-electron chi connectivity index (χ3n) is 2.33. The van der Waals surface area contributed by atoms with Gasteiger partial charge in [-0.2, -0.15) is 0 Å². The van der Waals surface area contributed by atoms with Crippen LogP contribution >= 0.6 is 11.8 Å². The van der Waals surface area contributed by atoms with Gasteiger partial charge in [-0.15, -0.1) is 18.2 Å². The van der Waals surface area contributed by atoms with Crippen LogP contribution in [-0.2, 0) is 4.79 Å². The minimum Gasteiger partial charge on any atom is -0.494 e. The van der Waals surface area contributed by atoms with Crippen molar-refractivity contribution in [2.75, 3.05) is 18.9 Å². The number of rotatable bonds is 6. The fraction of sp³-hybridized carbons (Fsp3) is 0.357. The van der Waals surface area contributed by atoms with Crippen molar-refractivity contribution >= 4 is 23.4 Å². The molecule has 0 saturated carbocycles. The Hall–Kier alpha value is -1.80. The number of anilines is 1. The number of nitrogen functional groups attached to an aromatic ring is 1. The highest BCUT2D eigenvalue weighted by Gasteiger charge is 2.15. The molecule has 1 aromatic rings. The highest BCUT2D eigenvalue weighted by atomic mass is 32.2. The second-order valence-electron chi connectivity index (χ2n) is 3.81. The molecule has 0 fully saturated rings. The third kappa shape index (κ3) is 4.76. The first-order valence-electron chi connectivity index (χ1n) is 5.98. The summed E-state index contributed by atoms with van der Waals surface area (Å²) >= 11 is 1.38. The van der Waals surface area contributed by atoms with E-state index >= 15 is 0 Å². The lowest BCUT2D eigenvalue weighted by molar-refractivity contribution is -0.120. The number of terminal acetylenes is 1. The molecule has 3 N–H and O–H groups in total. The number of carbonyl (C=O) groups is 1. The van der Waals surface area contributed by atoms with E-state index in [1.165, 1.54) is 11.8 Å². The van der Waals surface area contributed by atoms with Crippen LogP contribution in [0.1, 0.15) is 13.8 Å². The van der Waals surface area contributed by atoms with Gasteiger partial charge in [-0.3, -0.25) is 4.79 Å². The molecule has 0 heterocycles. The summed E-state index contributed by atoms with van der Waals surface area (Å²) in [5.74, 6) is 3.01. The monoisotopic (exact) mass is 278 g/mol. The standard InChI is InChI=1S/C14H18N2O2S/c1-4-8-16-14(17)10(3)19-13-9-11(18-5-2)6-7-12(13)15/h1,6-7,9-10H,5,8,15H2,2-3H3,(H,16,17). The molecule has 1 aromatic carbocycles. The molecule has 0 saturated heterocycles. The molecule has 0 radical (unpaired) electrons. The van der Waals surface area contributed by atoms with Gasteiger partial charge >= 0.3 is 0 Å². The van der Waals surface area contributed by atoms with Gasteiger partial charge in [0.25, 0.3) is 0 Å². The smallest absolute Gasteiger partial charge is 0.233 e. The van der Waals surface area contributed by atoms with Gasteiger partial charge in [0.2, 0.25) is 5.91 Å². The molecule has 4 nitrogen and oxygen atoms in total. The Balaban J connectivity index is 2.72. The van der Waals surface area contributed by atoms with Crippen molar-refractivity contribution in [1.82, 2.24) is 5.32 Å². The van der Waals surface area contributed by atoms with Crippen LogP contribution in [0, 0.1) is 12.3 Å². The number of hydrogen-bond acceptors (Lipinski definition) is 4. The maximum absolute atomic E-state index is 11.7. The fourth-order valence-corrected chi connectivity index (χ4v) is 2.36. The lowest BCUT2D eigenvalue weighted by atomic mass is 10.3. The van der Waals surface area contributed by atoms with Gasteiger partial charge in [-0.25, -0.2) is 0 Å². The van der Waals surface area contributed by atoms with E-state index in [1.807, 2.05) is 26.0 Å². The van der Waals surface area contributed by atoms with E-state index in [1.54, 1.807) is 6.07 Å². The molecular weight excluding hydrogens is 260 g/mol. The molecule has 1 unspecified atom stereocenters. The van der Waals surface area contributed by atoms with Crippen molar-refractivity contribution in [3.63, 3.8) is 0 Å². The number of nitrogens with one attached hydrogen (secondary N) is 1. The minimum absolute atomic E-state index is 0.107. The molecule has 19 heavy (non-hydrogen) atoms. The summed E-state index contributed by atoms with van der Waals surface area (Å²) in [7, 11) is 0. The predicted octanol–water partition coefficient (Wildman–Crippen LogP) is 1.90. The molecule has 0 bridgehead atoms. The van der Waals surface area contributed by atoms with Crippen molar-refractivity contribution in [2.45, 2.75) is 24.0 Å². The minimum atomic E-state index is -0.271. The Kier molecular flexibility index (Phi) is 6.10. The SMILES string of the molecule is C#CCNC(=O)C(C)Sc1cc(OCC)ccc1N. The second kappa shape index (κ2) is 7.59. The van der Waals surface area contributed by atoms with Crippen LogP contribution in [0.15, 0.2) is 23.1 Å². The molecule has 0 spiro atoms. The van der Waals surface area contributed by atoms with E-state index in [4.69, 9.17) is 16.9 Å². The van der Waals surface area contributed by atoms with Crippen LogP contribution in [0.4, 0.5) is 5.69 Å². The summed E-state index contributed by atoms with van der Waals surface area (Å²) in [6.45, 7) is 4.55. The average molecular weight is 278 g/mol. The fourth-order valence-electron chi connectivity index (χ4n) is 1.40. The number of hydrogen-bond donors (Lipinski definition) is 2. The van der Waals surface area contributed by atoms with Crippen LogP contribution in [0.5, 0.6) is 5.75 Å². The third-order valence-corrected chi connectivity index (χ3v) is 3.51. The van der Waals surface area contributed by atoms with Crippen LogP contribution in [0.25, 0.3) is 0 Å². The zero-order chi connectivity index (χ0) is 14.3. The Labute approximate surface area is 118 Å². The first kappa shape index (κ1) is 15.3. The lowest BCUT2D eigenvalue weighted by Gasteiger charge is -2.13. The number of nitrogens with two attached hydrogens (primary N) is 1. The van der Waals surface area contributed by atoms with Gasteiger partial charge in [0.05, 0.1) is 18.4 Å². The number of benzene rings is 1. The highest BCUT2D eigenvalue weighted by Crippen LogP contribution is 2.32. The van der Waals surface area contributed by atoms with E-state index < -0.39 is 0 Å². The molecule has 1 amide bonds. The number of thioether (sulfide) groups is 1. The highest BCUT2D eigenvalue weighted by molar-refractivity contribution is 8.00. The molecule has 5 heteroatoms. The number of amides is 1. The second-order valence-corrected chi connectivity index (χ2v) is 5.20. The van der Waals surface area contributed by atoms with E-state index in [0.717, 1.165) is 10.6 Å². The van der Waals surface area contributed by atoms with Crippen molar-refractivity contribution < 1.29 is 9.53 Å². The van der Waals surface area contributed by atoms with Gasteiger partial charge in [0, 0.05) is 10.6 Å². The summed E-state index contributed by atoms with van der Waals surface area (Å²) in [6, 6.07) is 5.43. The average Bonchev–Trinajstić information content (AvgIpc) is 2.40. The van der Waals surface area contributed by atoms with Crippen molar-refractivity contribution in [3.05, 3.63) is 18.2 Å². The van der Waals surface area contributed by atoms with Crippen LogP contribution < -0.4 is 15.8 Å². The van der Waals surface area contributed by atoms with Crippen LogP contribution in [-0.4, -0.2) is 24.3 Å². The summed E-state index contributed by atoms with van der Waals surface area (Å²) in [6.07, 6.45) is 5.10. The van der Waals surface area contributed by atoms with E-state index in [2.05, 4.69) is 11.2 Å². The summed E-state index contributed by atoms with van der Waals surface area (Å²) in [5, 5.41) is 2.37. The predicted molar refractivity (Wildman–Crippen MR) is 79.2 cm³/mol. The number of ether oxygens (including phenoxy) is 1. The summed E-state index contributed by atoms with van der Waals surface area (Å²) in [5.41, 5.74) is 6.52. The van der Waals surface area contributed by atoms with E-state index in [-0.39, 0.29) is 17.7 Å². The van der Waals surface area contributed by atoms with Crippen LogP contribution in [0.2, 0.25) is 0 Å². The molecule has 1 rings (SSSR count). The van der Waals surface area contributed by atoms with Gasteiger partial charge < -0.3 is 15.8 Å². The lowest BCUT2D eigenvalue weighted by Crippen LogP contribution is -2.31. The van der Waals surface area contributed by atoms with Crippen molar-refractivity contribution in [3.8, 4) is 18.1 Å². The summed E-state index contributed by atoms with van der Waals surface area (Å²) < 4.78 is 5.41. The van der Waals surface area contributed by atoms with E-state index in [0.29, 0.717) is 12.3 Å². The molecule has 102 valence electrons. The molecule has 0 aliphatic carbocycles. The van der Waals surface area contributed by atoms with Crippen molar-refractivity contribution in [1.29, 1.82) is 0 Å². The number of carbonyl (C=O) groups excluding carboxylic acids is 1. The Morgan fingerprint density at radius 2 is 2.37 bits per heavy atom. The maximum atomic E-state index is 11.7. The first-order valence-corrected chi connectivity index (χ1v) is 6.86. The van der Waals surface area contributed by atoms with Gasteiger partial charge in [-0.1, -0.05) is 5.92 Å². The maximum Gasteiger partial charge on any atom is 0.233 e. The van der Waals surface area contributed by atoms with Crippen LogP contribution in [0.3, 0.4) is 0 Å². The summed E-state index contributed by atoms with van der Waals surface area (Å²) in [4.78, 5) is 12.6. The Morgan fingerprint density at radius 1 is 1.63 bits per heavy atom. The molecule has 1 atom stereocenters. The zero-order valence-electron chi connectivity index (χ0n) is 11.1. The van der Waals surface area contributed by atoms with E-state index in [9.17, 15) is 4.79 Å². The largest absolute Gasteiger partial charge is 0.494 e. The van der Waals surface area contributed by atoms with Crippen molar-refractivity contribution in [2.24, 2.45) is 0 Å². The Bertz CT molecular complexity index is 483. The quantitative estimate of drug-likeness (QED) is 0.474. The van der Waals surface area contributed by atoms with Gasteiger partial charge in [0.15, 0.2) is 0 Å². The molecule has 0 aliphatic rings.